The van der Waals surface area contributed by atoms with E-state index in [2.05, 4.69) is 45.5 Å². The van der Waals surface area contributed by atoms with Gasteiger partial charge < -0.3 is 50.1 Å². The summed E-state index contributed by atoms with van der Waals surface area (Å²) in [5.41, 5.74) is 12.6. The average molecular weight is 1110 g/mol. The van der Waals surface area contributed by atoms with E-state index in [9.17, 15) is 19.8 Å². The van der Waals surface area contributed by atoms with Crippen molar-refractivity contribution < 1.29 is 33.5 Å². The molecule has 4 aliphatic heterocycles. The molecule has 0 bridgehead atoms. The SMILES string of the molecule is Cc1ncsc1-c1ccc([C@H](C)NC(=O)[C@@H]2C[C@@H](O)CN2C(=O)[C@@H](c2cc(N3CCC(CN4CCC(OC5CC(N6CCC([C@@H](C)n7ncc(-c8cc(-c9ccccc9O)nnc8N)c7F)CC6)C5)CC4)CC3)no2)C(C)C)cc1. The van der Waals surface area contributed by atoms with Crippen molar-refractivity contribution in [1.29, 1.82) is 0 Å². The third-order valence-corrected chi connectivity index (χ3v) is 19.0. The minimum absolute atomic E-state index is 0.0576. The highest BCUT2D eigenvalue weighted by Gasteiger charge is 2.44. The number of piperidine rings is 3. The van der Waals surface area contributed by atoms with Gasteiger partial charge in [0.15, 0.2) is 17.4 Å². The number of hydrogen-bond acceptors (Lipinski definition) is 16. The molecule has 5 atom stereocenters. The number of halogens is 1. The van der Waals surface area contributed by atoms with Gasteiger partial charge in [-0.15, -0.1) is 21.5 Å². The predicted molar refractivity (Wildman–Crippen MR) is 305 cm³/mol. The third-order valence-electron chi connectivity index (χ3n) is 18.0. The predicted octanol–water partition coefficient (Wildman–Crippen LogP) is 8.63. The number of ether oxygens (including phenoxy) is 1. The third kappa shape index (κ3) is 11.9. The first-order chi connectivity index (χ1) is 38.6. The van der Waals surface area contributed by atoms with E-state index in [1.165, 1.54) is 15.8 Å². The van der Waals surface area contributed by atoms with E-state index in [4.69, 9.17) is 15.0 Å². The monoisotopic (exact) mass is 1110 g/mol. The number of nitrogens with one attached hydrogen (secondary N) is 1. The Balaban J connectivity index is 0.590. The second-order valence-corrected chi connectivity index (χ2v) is 24.4. The van der Waals surface area contributed by atoms with Gasteiger partial charge in [0.05, 0.1) is 63.9 Å². The van der Waals surface area contributed by atoms with E-state index >= 15 is 4.39 Å². The van der Waals surface area contributed by atoms with E-state index < -0.39 is 24.0 Å². The molecule has 8 heterocycles. The van der Waals surface area contributed by atoms with Gasteiger partial charge in [-0.3, -0.25) is 9.59 Å². The number of nitrogens with two attached hydrogens (primary N) is 1. The standard InChI is InChI=1S/C60H77FN12O6S/c1-35(2)55(60(77)72-33-44(74)28-51(72)59(76)65-36(3)40-10-12-42(13-11-40)56-37(4)63-34-80-56)53-30-54(68-79-53)71-22-14-39(15-23-71)32-69-20-18-45(19-21-69)78-46-26-43(27-46)70-24-16-41(17-25-70)38(5)73-57(61)49(31-64-73)48-29-50(66-67-58(48)62)47-8-6-7-9-52(47)75/h6-13,29-31,34-36,38-39,41,43-46,51,55,74-75H,14-28,32-33H2,1-5H3,(H2,62,67)(H,65,76)/t36-,38+,43?,44+,46?,51-,55+/m0/s1. The Morgan fingerprint density at radius 3 is 2.33 bits per heavy atom. The zero-order valence-corrected chi connectivity index (χ0v) is 47.5. The Hall–Kier alpha value is -6.32. The van der Waals surface area contributed by atoms with E-state index in [0.717, 1.165) is 125 Å². The van der Waals surface area contributed by atoms with Crippen molar-refractivity contribution in [2.24, 2.45) is 17.8 Å². The number of aryl methyl sites for hydroxylation is 1. The lowest BCUT2D eigenvalue weighted by atomic mass is 9.83. The van der Waals surface area contributed by atoms with Crippen LogP contribution in [0.5, 0.6) is 5.75 Å². The van der Waals surface area contributed by atoms with Gasteiger partial charge in [-0.2, -0.15) is 9.49 Å². The van der Waals surface area contributed by atoms with Crippen molar-refractivity contribution in [3.63, 3.8) is 0 Å². The number of rotatable bonds is 17. The molecule has 80 heavy (non-hydrogen) atoms. The first-order valence-corrected chi connectivity index (χ1v) is 29.8. The summed E-state index contributed by atoms with van der Waals surface area (Å²) < 4.78 is 30.2. The Bertz CT molecular complexity index is 3080. The molecule has 0 unspecified atom stereocenters. The number of carbonyl (C=O) groups is 2. The Morgan fingerprint density at radius 2 is 1.62 bits per heavy atom. The molecule has 2 amide bonds. The van der Waals surface area contributed by atoms with Gasteiger partial charge in [-0.25, -0.2) is 9.67 Å². The summed E-state index contributed by atoms with van der Waals surface area (Å²) in [6.45, 7) is 16.9. The molecule has 11 rings (SSSR count). The van der Waals surface area contributed by atoms with Crippen LogP contribution in [0.4, 0.5) is 16.0 Å². The van der Waals surface area contributed by atoms with Crippen molar-refractivity contribution >= 4 is 34.8 Å². The minimum Gasteiger partial charge on any atom is -0.507 e. The number of nitrogens with zero attached hydrogens (tertiary/aromatic N) is 10. The molecule has 4 saturated heterocycles. The van der Waals surface area contributed by atoms with Gasteiger partial charge in [0, 0.05) is 68.9 Å². The Labute approximate surface area is 471 Å². The van der Waals surface area contributed by atoms with Gasteiger partial charge in [0.2, 0.25) is 17.8 Å². The molecule has 0 spiro atoms. The molecule has 5 fully saturated rings. The highest BCUT2D eigenvalue weighted by Crippen LogP contribution is 2.40. The van der Waals surface area contributed by atoms with Crippen LogP contribution in [0.2, 0.25) is 0 Å². The molecule has 20 heteroatoms. The highest BCUT2D eigenvalue weighted by molar-refractivity contribution is 7.13. The number of para-hydroxylation sites is 1. The molecule has 18 nitrogen and oxygen atoms in total. The highest BCUT2D eigenvalue weighted by atomic mass is 32.1. The maximum absolute atomic E-state index is 16.1. The second-order valence-electron chi connectivity index (χ2n) is 23.6. The number of benzene rings is 2. The summed E-state index contributed by atoms with van der Waals surface area (Å²) >= 11 is 1.60. The largest absolute Gasteiger partial charge is 0.507 e. The van der Waals surface area contributed by atoms with Crippen molar-refractivity contribution in [1.82, 2.24) is 50.1 Å². The first kappa shape index (κ1) is 55.6. The van der Waals surface area contributed by atoms with Crippen LogP contribution in [0.3, 0.4) is 0 Å². The summed E-state index contributed by atoms with van der Waals surface area (Å²) in [7, 11) is 0. The minimum atomic E-state index is -0.804. The average Bonchev–Trinajstić information content (AvgIpc) is 4.28. The zero-order chi connectivity index (χ0) is 55.8. The van der Waals surface area contributed by atoms with Gasteiger partial charge in [-0.05, 0) is 132 Å². The quantitative estimate of drug-likeness (QED) is 0.0672. The van der Waals surface area contributed by atoms with E-state index in [1.807, 2.05) is 70.5 Å². The number of aliphatic hydroxyl groups is 1. The van der Waals surface area contributed by atoms with E-state index in [0.29, 0.717) is 46.7 Å². The molecule has 0 radical (unpaired) electrons. The molecule has 426 valence electrons. The number of phenolic OH excluding ortho intramolecular Hbond substituents is 1. The lowest BCUT2D eigenvalue weighted by Crippen LogP contribution is -2.52. The number of amides is 2. The molecular weight excluding hydrogens is 1040 g/mol. The number of β-amino-alcohol motifs (C(OH)–C–C–N with tert-alkyl or cyclic N) is 1. The van der Waals surface area contributed by atoms with Crippen LogP contribution in [0.15, 0.2) is 76.9 Å². The van der Waals surface area contributed by atoms with Gasteiger partial charge in [-0.1, -0.05) is 55.4 Å². The van der Waals surface area contributed by atoms with Crippen molar-refractivity contribution in [2.45, 2.75) is 141 Å². The zero-order valence-electron chi connectivity index (χ0n) is 46.7. The van der Waals surface area contributed by atoms with Crippen molar-refractivity contribution in [3.8, 4) is 38.6 Å². The lowest BCUT2D eigenvalue weighted by molar-refractivity contribution is -0.141. The van der Waals surface area contributed by atoms with Crippen LogP contribution in [-0.2, 0) is 14.3 Å². The summed E-state index contributed by atoms with van der Waals surface area (Å²) in [5.74, 6) is 0.489. The fourth-order valence-electron chi connectivity index (χ4n) is 13.1. The number of thiazole rings is 1. The molecule has 5 N–H and O–H groups in total. The second kappa shape index (κ2) is 24.0. The number of anilines is 2. The number of likely N-dealkylation sites (tertiary alicyclic amines) is 3. The van der Waals surface area contributed by atoms with Gasteiger partial charge in [0.1, 0.15) is 17.7 Å². The van der Waals surface area contributed by atoms with E-state index in [1.54, 1.807) is 41.7 Å². The number of aromatic hydroxyl groups is 1. The summed E-state index contributed by atoms with van der Waals surface area (Å²) in [6.07, 6.45) is 9.76. The smallest absolute Gasteiger partial charge is 0.243 e. The first-order valence-electron chi connectivity index (χ1n) is 28.9. The fraction of sp³-hybridized carbons (Fsp3) is 0.550. The number of nitrogen functional groups attached to an aromatic ring is 1. The number of aliphatic hydroxyl groups excluding tert-OH is 1. The van der Waals surface area contributed by atoms with Gasteiger partial charge in [0.25, 0.3) is 0 Å². The number of hydrogen-bond donors (Lipinski definition) is 4. The molecule has 6 aromatic rings. The number of phenols is 1. The molecule has 1 aliphatic carbocycles. The maximum Gasteiger partial charge on any atom is 0.243 e. The van der Waals surface area contributed by atoms with Crippen molar-refractivity contribution in [2.75, 3.05) is 63.0 Å². The molecule has 4 aromatic heterocycles. The fourth-order valence-corrected chi connectivity index (χ4v) is 13.9. The topological polar surface area (TPSA) is 217 Å². The molecular formula is C60H77FN12O6S. The van der Waals surface area contributed by atoms with Crippen LogP contribution < -0.4 is 16.0 Å². The van der Waals surface area contributed by atoms with E-state index in [-0.39, 0.29) is 65.8 Å². The van der Waals surface area contributed by atoms with Crippen LogP contribution in [-0.4, -0.2) is 150 Å². The van der Waals surface area contributed by atoms with Crippen LogP contribution in [0.25, 0.3) is 32.8 Å². The summed E-state index contributed by atoms with van der Waals surface area (Å²) in [5, 5.41) is 41.5. The maximum atomic E-state index is 16.1. The number of carbonyl (C=O) groups excluding carboxylic acids is 2. The molecule has 5 aliphatic rings. The van der Waals surface area contributed by atoms with Crippen molar-refractivity contribution in [3.05, 3.63) is 95.3 Å². The summed E-state index contributed by atoms with van der Waals surface area (Å²) in [4.78, 5) is 42.7. The van der Waals surface area contributed by atoms with Crippen LogP contribution in [0.1, 0.15) is 121 Å². The number of aromatic nitrogens is 6. The van der Waals surface area contributed by atoms with Crippen LogP contribution >= 0.6 is 11.3 Å². The molecule has 2 aromatic carbocycles. The summed E-state index contributed by atoms with van der Waals surface area (Å²) in [6, 6.07) is 17.8. The molecule has 1 saturated carbocycles. The van der Waals surface area contributed by atoms with Gasteiger partial charge >= 0.3 is 0 Å². The Kier molecular flexibility index (Phi) is 16.7. The lowest BCUT2D eigenvalue weighted by Gasteiger charge is -2.47. The normalized spacial score (nSPS) is 23.1. The van der Waals surface area contributed by atoms with Crippen LogP contribution in [0, 0.1) is 30.6 Å². The Morgan fingerprint density at radius 1 is 0.887 bits per heavy atom.